The molecule has 2 saturated heterocycles. The van der Waals surface area contributed by atoms with E-state index in [1.165, 1.54) is 22.3 Å². The van der Waals surface area contributed by atoms with Gasteiger partial charge in [0.25, 0.3) is 0 Å². The molecule has 166 valence electrons. The Bertz CT molecular complexity index is 838. The summed E-state index contributed by atoms with van der Waals surface area (Å²) in [7, 11) is 0. The highest BCUT2D eigenvalue weighted by Gasteiger charge is 2.24. The number of aryl methyl sites for hydroxylation is 1. The summed E-state index contributed by atoms with van der Waals surface area (Å²) in [5.74, 6) is 0.333. The Hall–Kier alpha value is -2.21. The van der Waals surface area contributed by atoms with Gasteiger partial charge in [0, 0.05) is 38.6 Å². The number of piperidine rings is 1. The van der Waals surface area contributed by atoms with Gasteiger partial charge in [-0.3, -0.25) is 14.6 Å². The van der Waals surface area contributed by atoms with Gasteiger partial charge in [-0.15, -0.1) is 0 Å². The molecule has 2 aromatic rings. The van der Waals surface area contributed by atoms with E-state index in [0.29, 0.717) is 6.54 Å². The summed E-state index contributed by atoms with van der Waals surface area (Å²) < 4.78 is 5.43. The second kappa shape index (κ2) is 10.9. The lowest BCUT2D eigenvalue weighted by molar-refractivity contribution is -0.126. The lowest BCUT2D eigenvalue weighted by Crippen LogP contribution is -2.40. The van der Waals surface area contributed by atoms with Gasteiger partial charge in [0.05, 0.1) is 13.2 Å². The number of ether oxygens (including phenoxy) is 1. The molecule has 0 unspecified atom stereocenters. The van der Waals surface area contributed by atoms with E-state index in [-0.39, 0.29) is 11.8 Å². The number of likely N-dealkylation sites (tertiary alicyclic amines) is 1. The van der Waals surface area contributed by atoms with Crippen molar-refractivity contribution in [1.82, 2.24) is 15.1 Å². The zero-order chi connectivity index (χ0) is 21.5. The van der Waals surface area contributed by atoms with Crippen molar-refractivity contribution in [1.29, 1.82) is 0 Å². The van der Waals surface area contributed by atoms with Crippen molar-refractivity contribution in [3.8, 4) is 0 Å². The second-order valence-electron chi connectivity index (χ2n) is 8.96. The fraction of sp³-hybridized carbons (Fsp3) is 0.500. The number of morpholine rings is 1. The molecule has 2 aromatic carbocycles. The van der Waals surface area contributed by atoms with Gasteiger partial charge in [-0.1, -0.05) is 54.1 Å². The van der Waals surface area contributed by atoms with Crippen LogP contribution in [-0.4, -0.2) is 55.1 Å². The van der Waals surface area contributed by atoms with Gasteiger partial charge in [0.2, 0.25) is 5.91 Å². The summed E-state index contributed by atoms with van der Waals surface area (Å²) in [5, 5.41) is 3.18. The molecule has 2 heterocycles. The minimum absolute atomic E-state index is 0.130. The second-order valence-corrected chi connectivity index (χ2v) is 8.96. The first-order chi connectivity index (χ1) is 15.2. The van der Waals surface area contributed by atoms with Crippen LogP contribution in [0.1, 0.15) is 35.1 Å². The minimum atomic E-state index is 0.130. The van der Waals surface area contributed by atoms with E-state index in [1.807, 2.05) is 0 Å². The van der Waals surface area contributed by atoms with Gasteiger partial charge in [0.15, 0.2) is 0 Å². The van der Waals surface area contributed by atoms with Gasteiger partial charge in [0.1, 0.15) is 0 Å². The van der Waals surface area contributed by atoms with E-state index < -0.39 is 0 Å². The highest BCUT2D eigenvalue weighted by molar-refractivity contribution is 5.78. The average Bonchev–Trinajstić information content (AvgIpc) is 2.80. The first-order valence-corrected chi connectivity index (χ1v) is 11.6. The molecular weight excluding hydrogens is 386 g/mol. The van der Waals surface area contributed by atoms with Crippen molar-refractivity contribution in [3.63, 3.8) is 0 Å². The van der Waals surface area contributed by atoms with Crippen molar-refractivity contribution in [2.45, 2.75) is 39.4 Å². The molecule has 1 N–H and O–H groups in total. The first kappa shape index (κ1) is 22.0. The topological polar surface area (TPSA) is 44.8 Å². The summed E-state index contributed by atoms with van der Waals surface area (Å²) in [6, 6.07) is 17.4. The molecule has 0 saturated carbocycles. The first-order valence-electron chi connectivity index (χ1n) is 11.6. The number of hydrogen-bond acceptors (Lipinski definition) is 4. The van der Waals surface area contributed by atoms with Crippen LogP contribution >= 0.6 is 0 Å². The van der Waals surface area contributed by atoms with Crippen LogP contribution in [0.3, 0.4) is 0 Å². The number of carbonyl (C=O) groups is 1. The standard InChI is InChI=1S/C26H35N3O2/c1-21-5-7-22(8-6-21)19-28-11-9-25(10-12-28)26(30)27-18-23-3-2-4-24(17-23)20-29-13-15-31-16-14-29/h2-8,17,25H,9-16,18-20H2,1H3,(H,27,30). The third-order valence-electron chi connectivity index (χ3n) is 6.45. The quantitative estimate of drug-likeness (QED) is 0.745. The number of carbonyl (C=O) groups excluding carboxylic acids is 1. The van der Waals surface area contributed by atoms with E-state index in [4.69, 9.17) is 4.74 Å². The Morgan fingerprint density at radius 2 is 1.55 bits per heavy atom. The SMILES string of the molecule is Cc1ccc(CN2CCC(C(=O)NCc3cccc(CN4CCOCC4)c3)CC2)cc1. The van der Waals surface area contributed by atoms with Crippen LogP contribution in [0.15, 0.2) is 48.5 Å². The van der Waals surface area contributed by atoms with E-state index in [9.17, 15) is 4.79 Å². The summed E-state index contributed by atoms with van der Waals surface area (Å²) in [6.45, 7) is 10.2. The van der Waals surface area contributed by atoms with Crippen molar-refractivity contribution in [3.05, 3.63) is 70.8 Å². The fourth-order valence-electron chi connectivity index (χ4n) is 4.49. The van der Waals surface area contributed by atoms with Crippen LogP contribution in [-0.2, 0) is 29.2 Å². The predicted octanol–water partition coefficient (Wildman–Crippen LogP) is 3.36. The maximum absolute atomic E-state index is 12.7. The number of rotatable bonds is 7. The Morgan fingerprint density at radius 1 is 0.903 bits per heavy atom. The Kier molecular flexibility index (Phi) is 7.73. The van der Waals surface area contributed by atoms with Gasteiger partial charge >= 0.3 is 0 Å². The molecule has 5 nitrogen and oxygen atoms in total. The number of nitrogens with one attached hydrogen (secondary N) is 1. The van der Waals surface area contributed by atoms with E-state index >= 15 is 0 Å². The van der Waals surface area contributed by atoms with Gasteiger partial charge in [-0.2, -0.15) is 0 Å². The van der Waals surface area contributed by atoms with Crippen LogP contribution in [0, 0.1) is 12.8 Å². The number of benzene rings is 2. The van der Waals surface area contributed by atoms with E-state index in [1.54, 1.807) is 0 Å². The molecule has 2 aliphatic rings. The molecule has 5 heteroatoms. The lowest BCUT2D eigenvalue weighted by atomic mass is 9.95. The van der Waals surface area contributed by atoms with Crippen LogP contribution in [0.4, 0.5) is 0 Å². The normalized spacial score (nSPS) is 18.7. The minimum Gasteiger partial charge on any atom is -0.379 e. The molecule has 1 amide bonds. The van der Waals surface area contributed by atoms with Gasteiger partial charge in [-0.05, 0) is 49.5 Å². The molecule has 2 fully saturated rings. The van der Waals surface area contributed by atoms with E-state index in [2.05, 4.69) is 70.6 Å². The van der Waals surface area contributed by atoms with Crippen molar-refractivity contribution < 1.29 is 9.53 Å². The summed E-state index contributed by atoms with van der Waals surface area (Å²) >= 11 is 0. The third-order valence-corrected chi connectivity index (χ3v) is 6.45. The number of hydrogen-bond donors (Lipinski definition) is 1. The molecule has 0 bridgehead atoms. The number of amides is 1. The van der Waals surface area contributed by atoms with Crippen molar-refractivity contribution in [2.24, 2.45) is 5.92 Å². The molecule has 0 radical (unpaired) electrons. The largest absolute Gasteiger partial charge is 0.379 e. The van der Waals surface area contributed by atoms with E-state index in [0.717, 1.165) is 65.3 Å². The fourth-order valence-corrected chi connectivity index (χ4v) is 4.49. The molecule has 2 aliphatic heterocycles. The molecule has 0 aliphatic carbocycles. The van der Waals surface area contributed by atoms with Crippen LogP contribution < -0.4 is 5.32 Å². The smallest absolute Gasteiger partial charge is 0.223 e. The van der Waals surface area contributed by atoms with Crippen LogP contribution in [0.25, 0.3) is 0 Å². The summed E-state index contributed by atoms with van der Waals surface area (Å²) in [6.07, 6.45) is 1.88. The zero-order valence-corrected chi connectivity index (χ0v) is 18.7. The molecule has 0 aromatic heterocycles. The Labute approximate surface area is 186 Å². The maximum atomic E-state index is 12.7. The summed E-state index contributed by atoms with van der Waals surface area (Å²) in [5.41, 5.74) is 5.13. The highest BCUT2D eigenvalue weighted by Crippen LogP contribution is 2.20. The predicted molar refractivity (Wildman–Crippen MR) is 124 cm³/mol. The molecule has 4 rings (SSSR count). The Morgan fingerprint density at radius 3 is 2.29 bits per heavy atom. The Balaban J connectivity index is 1.20. The van der Waals surface area contributed by atoms with Crippen molar-refractivity contribution in [2.75, 3.05) is 39.4 Å². The molecule has 31 heavy (non-hydrogen) atoms. The zero-order valence-electron chi connectivity index (χ0n) is 18.7. The monoisotopic (exact) mass is 421 g/mol. The van der Waals surface area contributed by atoms with Crippen molar-refractivity contribution >= 4 is 5.91 Å². The van der Waals surface area contributed by atoms with Gasteiger partial charge < -0.3 is 10.1 Å². The van der Waals surface area contributed by atoms with Crippen LogP contribution in [0.2, 0.25) is 0 Å². The average molecular weight is 422 g/mol. The lowest BCUT2D eigenvalue weighted by Gasteiger charge is -2.31. The maximum Gasteiger partial charge on any atom is 0.223 e. The van der Waals surface area contributed by atoms with Crippen LogP contribution in [0.5, 0.6) is 0 Å². The molecule has 0 atom stereocenters. The summed E-state index contributed by atoms with van der Waals surface area (Å²) in [4.78, 5) is 17.6. The number of nitrogens with zero attached hydrogens (tertiary/aromatic N) is 2. The molecule has 0 spiro atoms. The highest BCUT2D eigenvalue weighted by atomic mass is 16.5. The molecular formula is C26H35N3O2. The third kappa shape index (κ3) is 6.63. The van der Waals surface area contributed by atoms with Gasteiger partial charge in [-0.25, -0.2) is 0 Å².